The lowest BCUT2D eigenvalue weighted by molar-refractivity contribution is -0.118. The highest BCUT2D eigenvalue weighted by molar-refractivity contribution is 6.26. The molecule has 140 valence electrons. The maximum Gasteiger partial charge on any atom is 0.316 e. The number of ether oxygens (including phenoxy) is 1. The highest BCUT2D eigenvalue weighted by Gasteiger charge is 2.34. The van der Waals surface area contributed by atoms with Crippen LogP contribution in [-0.4, -0.2) is 34.4 Å². The van der Waals surface area contributed by atoms with E-state index in [1.54, 1.807) is 42.5 Å². The Morgan fingerprint density at radius 2 is 1.89 bits per heavy atom. The van der Waals surface area contributed by atoms with Crippen LogP contribution < -0.4 is 15.8 Å². The minimum Gasteiger partial charge on any atom is -0.486 e. The van der Waals surface area contributed by atoms with Crippen LogP contribution in [0, 0.1) is 0 Å². The summed E-state index contributed by atoms with van der Waals surface area (Å²) >= 11 is 0. The number of rotatable bonds is 5. The van der Waals surface area contributed by atoms with Crippen molar-refractivity contribution in [3.05, 3.63) is 53.6 Å². The predicted octanol–water partition coefficient (Wildman–Crippen LogP) is 2.75. The van der Waals surface area contributed by atoms with Gasteiger partial charge in [-0.05, 0) is 37.3 Å². The van der Waals surface area contributed by atoms with Crippen molar-refractivity contribution in [1.29, 1.82) is 0 Å². The average molecular weight is 376 g/mol. The number of fused-ring (bicyclic) bond motifs is 3. The number of amides is 2. The third-order valence-electron chi connectivity index (χ3n) is 4.38. The first-order chi connectivity index (χ1) is 13.5. The van der Waals surface area contributed by atoms with Crippen molar-refractivity contribution in [3.8, 4) is 28.3 Å². The van der Waals surface area contributed by atoms with Gasteiger partial charge in [0.1, 0.15) is 18.1 Å². The maximum atomic E-state index is 13.1. The number of hydrogen-bond donors (Lipinski definition) is 3. The molecular weight excluding hydrogens is 360 g/mol. The molecule has 8 heteroatoms. The van der Waals surface area contributed by atoms with Crippen molar-refractivity contribution < 1.29 is 19.1 Å². The molecule has 0 fully saturated rings. The molecule has 0 atom stereocenters. The van der Waals surface area contributed by atoms with Gasteiger partial charge in [0.15, 0.2) is 11.6 Å². The van der Waals surface area contributed by atoms with Gasteiger partial charge < -0.3 is 15.8 Å². The second kappa shape index (κ2) is 6.66. The van der Waals surface area contributed by atoms with Crippen LogP contribution >= 0.6 is 0 Å². The summed E-state index contributed by atoms with van der Waals surface area (Å²) < 4.78 is 5.36. The Balaban J connectivity index is 1.70. The molecule has 4 rings (SSSR count). The highest BCUT2D eigenvalue weighted by atomic mass is 16.5. The van der Waals surface area contributed by atoms with Gasteiger partial charge in [0, 0.05) is 11.1 Å². The zero-order valence-electron chi connectivity index (χ0n) is 14.9. The van der Waals surface area contributed by atoms with Crippen molar-refractivity contribution in [2.24, 2.45) is 5.73 Å². The van der Waals surface area contributed by atoms with E-state index in [1.807, 2.05) is 0 Å². The largest absolute Gasteiger partial charge is 0.486 e. The number of Topliss-reactive ketones (excluding diaryl/α,β-unsaturated/α-hetero) is 1. The lowest BCUT2D eigenvalue weighted by Gasteiger charge is -2.08. The number of H-pyrrole nitrogens is 1. The van der Waals surface area contributed by atoms with E-state index in [2.05, 4.69) is 15.5 Å². The van der Waals surface area contributed by atoms with Crippen LogP contribution in [0.5, 0.6) is 5.75 Å². The van der Waals surface area contributed by atoms with Gasteiger partial charge in [-0.15, -0.1) is 0 Å². The summed E-state index contributed by atoms with van der Waals surface area (Å²) in [6.45, 7) is 1.45. The van der Waals surface area contributed by atoms with E-state index in [-0.39, 0.29) is 18.2 Å². The number of benzene rings is 2. The first-order valence-corrected chi connectivity index (χ1v) is 8.51. The Hall–Kier alpha value is -3.94. The molecule has 0 aliphatic heterocycles. The molecule has 28 heavy (non-hydrogen) atoms. The fourth-order valence-corrected chi connectivity index (χ4v) is 3.23. The van der Waals surface area contributed by atoms with Crippen LogP contribution in [-0.2, 0) is 4.79 Å². The molecule has 0 spiro atoms. The smallest absolute Gasteiger partial charge is 0.316 e. The van der Waals surface area contributed by atoms with Crippen molar-refractivity contribution >= 4 is 23.3 Å². The normalized spacial score (nSPS) is 11.7. The second-order valence-corrected chi connectivity index (χ2v) is 6.38. The fraction of sp³-hybridized carbons (Fsp3) is 0.100. The monoisotopic (exact) mass is 376 g/mol. The van der Waals surface area contributed by atoms with E-state index in [4.69, 9.17) is 10.5 Å². The zero-order chi connectivity index (χ0) is 19.8. The molecule has 0 bridgehead atoms. The third-order valence-corrected chi connectivity index (χ3v) is 4.38. The molecule has 1 aliphatic rings. The Bertz CT molecular complexity index is 1120. The molecule has 0 radical (unpaired) electrons. The molecular formula is C20H16N4O4. The van der Waals surface area contributed by atoms with Gasteiger partial charge in [-0.25, -0.2) is 4.79 Å². The van der Waals surface area contributed by atoms with E-state index in [9.17, 15) is 14.4 Å². The van der Waals surface area contributed by atoms with Crippen molar-refractivity contribution in [2.75, 3.05) is 11.9 Å². The van der Waals surface area contributed by atoms with Gasteiger partial charge in [0.25, 0.3) is 0 Å². The van der Waals surface area contributed by atoms with E-state index < -0.39 is 6.03 Å². The molecule has 1 aliphatic carbocycles. The Labute approximate surface area is 159 Å². The molecule has 8 nitrogen and oxygen atoms in total. The van der Waals surface area contributed by atoms with Gasteiger partial charge >= 0.3 is 6.03 Å². The van der Waals surface area contributed by atoms with Crippen LogP contribution in [0.2, 0.25) is 0 Å². The van der Waals surface area contributed by atoms with E-state index in [0.29, 0.717) is 39.5 Å². The number of anilines is 1. The van der Waals surface area contributed by atoms with Gasteiger partial charge in [0.05, 0.1) is 22.5 Å². The van der Waals surface area contributed by atoms with Crippen LogP contribution in [0.3, 0.4) is 0 Å². The Morgan fingerprint density at radius 3 is 2.57 bits per heavy atom. The lowest BCUT2D eigenvalue weighted by Crippen LogP contribution is -2.20. The second-order valence-electron chi connectivity index (χ2n) is 6.38. The summed E-state index contributed by atoms with van der Waals surface area (Å²) in [5.41, 5.74) is 8.86. The first-order valence-electron chi connectivity index (χ1n) is 8.51. The number of aromatic amines is 1. The van der Waals surface area contributed by atoms with Crippen molar-refractivity contribution in [3.63, 3.8) is 0 Å². The molecule has 0 saturated carbocycles. The van der Waals surface area contributed by atoms with E-state index in [1.165, 1.54) is 6.92 Å². The lowest BCUT2D eigenvalue weighted by atomic mass is 10.0. The molecule has 4 N–H and O–H groups in total. The third kappa shape index (κ3) is 2.90. The minimum atomic E-state index is -0.740. The van der Waals surface area contributed by atoms with Gasteiger partial charge in [-0.1, -0.05) is 12.1 Å². The molecule has 1 heterocycles. The first kappa shape index (κ1) is 17.5. The van der Waals surface area contributed by atoms with Crippen molar-refractivity contribution in [2.45, 2.75) is 6.92 Å². The maximum absolute atomic E-state index is 13.1. The number of nitrogens with one attached hydrogen (secondary N) is 2. The molecule has 0 saturated heterocycles. The van der Waals surface area contributed by atoms with Crippen molar-refractivity contribution in [1.82, 2.24) is 10.2 Å². The molecule has 2 aromatic carbocycles. The molecule has 2 amide bonds. The van der Waals surface area contributed by atoms with Gasteiger partial charge in [-0.2, -0.15) is 5.10 Å². The van der Waals surface area contributed by atoms with Crippen LogP contribution in [0.15, 0.2) is 42.5 Å². The standard InChI is InChI=1S/C20H16N4O4/c1-10(25)9-28-12-7-5-11(6-8-12)17-16-18(24-23-17)13-3-2-4-14(22-20(21)27)15(13)19(16)26/h2-8H,9H2,1H3,(H,23,24)(H3,21,22,27). The average Bonchev–Trinajstić information content (AvgIpc) is 3.21. The number of ketones is 2. The SMILES string of the molecule is CC(=O)COc1ccc(-c2n[nH]c3c2C(=O)c2c(NC(N)=O)cccc2-3)cc1. The number of primary amides is 1. The summed E-state index contributed by atoms with van der Waals surface area (Å²) in [5, 5.41) is 9.70. The molecule has 1 aromatic heterocycles. The predicted molar refractivity (Wildman–Crippen MR) is 102 cm³/mol. The number of aromatic nitrogens is 2. The fourth-order valence-electron chi connectivity index (χ4n) is 3.23. The highest BCUT2D eigenvalue weighted by Crippen LogP contribution is 2.42. The quantitative estimate of drug-likeness (QED) is 0.493. The van der Waals surface area contributed by atoms with E-state index in [0.717, 1.165) is 5.56 Å². The summed E-state index contributed by atoms with van der Waals surface area (Å²) in [6.07, 6.45) is 0. The van der Waals surface area contributed by atoms with Crippen LogP contribution in [0.4, 0.5) is 10.5 Å². The van der Waals surface area contributed by atoms with Crippen LogP contribution in [0.1, 0.15) is 22.8 Å². The van der Waals surface area contributed by atoms with Gasteiger partial charge in [-0.3, -0.25) is 14.7 Å². The summed E-state index contributed by atoms with van der Waals surface area (Å²) in [5.74, 6) is 0.238. The van der Waals surface area contributed by atoms with E-state index >= 15 is 0 Å². The number of hydrogen-bond acceptors (Lipinski definition) is 5. The number of nitrogens with zero attached hydrogens (tertiary/aromatic N) is 1. The van der Waals surface area contributed by atoms with Crippen LogP contribution in [0.25, 0.3) is 22.5 Å². The number of nitrogens with two attached hydrogens (primary N) is 1. The Kier molecular flexibility index (Phi) is 4.15. The zero-order valence-corrected chi connectivity index (χ0v) is 14.9. The summed E-state index contributed by atoms with van der Waals surface area (Å²) in [7, 11) is 0. The van der Waals surface area contributed by atoms with Gasteiger partial charge in [0.2, 0.25) is 0 Å². The summed E-state index contributed by atoms with van der Waals surface area (Å²) in [4.78, 5) is 35.4. The molecule has 0 unspecified atom stereocenters. The summed E-state index contributed by atoms with van der Waals surface area (Å²) in [6, 6.07) is 11.4. The number of carbonyl (C=O) groups is 3. The number of urea groups is 1. The number of carbonyl (C=O) groups excluding carboxylic acids is 3. The minimum absolute atomic E-state index is 0.000580. The molecule has 3 aromatic rings. The Morgan fingerprint density at radius 1 is 1.14 bits per heavy atom. The topological polar surface area (TPSA) is 127 Å².